The molecule has 1 aromatic carbocycles. The largest absolute Gasteiger partial charge is 0.390 e. The number of nitrogens with two attached hydrogens (primary N) is 1. The van der Waals surface area contributed by atoms with Gasteiger partial charge in [-0.05, 0) is 32.4 Å². The van der Waals surface area contributed by atoms with Gasteiger partial charge in [0.2, 0.25) is 5.95 Å². The van der Waals surface area contributed by atoms with Crippen LogP contribution in [0.1, 0.15) is 20.3 Å². The van der Waals surface area contributed by atoms with Crippen molar-refractivity contribution >= 4 is 28.0 Å². The first-order valence-electron chi connectivity index (χ1n) is 6.44. The monoisotopic (exact) mass is 275 g/mol. The molecule has 0 unspecified atom stereocenters. The Bertz CT molecular complexity index is 834. The second kappa shape index (κ2) is 4.11. The zero-order valence-corrected chi connectivity index (χ0v) is 11.4. The predicted molar refractivity (Wildman–Crippen MR) is 77.5 cm³/mol. The molecule has 0 spiro atoms. The third-order valence-electron chi connectivity index (χ3n) is 3.36. The predicted octanol–water partition coefficient (Wildman–Crippen LogP) is 0.949. The number of anilines is 1. The van der Waals surface area contributed by atoms with E-state index in [1.807, 2.05) is 10.6 Å². The van der Waals surface area contributed by atoms with Gasteiger partial charge in [0.05, 0.1) is 27.7 Å². The summed E-state index contributed by atoms with van der Waals surface area (Å²) in [4.78, 5) is 21.0. The zero-order valence-electron chi connectivity index (χ0n) is 11.4. The number of rotatable bonds is 3. The lowest BCUT2D eigenvalue weighted by atomic mass is 10.1. The van der Waals surface area contributed by atoms with Crippen LogP contribution in [0.4, 0.5) is 5.95 Å². The molecule has 0 aliphatic heterocycles. The number of hydrogen-bond acceptors (Lipinski definition) is 4. The van der Waals surface area contributed by atoms with Gasteiger partial charge < -0.3 is 25.4 Å². The second-order valence-electron chi connectivity index (χ2n) is 5.65. The Kier molecular flexibility index (Phi) is 2.62. The highest BCUT2D eigenvalue weighted by Crippen LogP contribution is 2.23. The third kappa shape index (κ3) is 2.16. The maximum Gasteiger partial charge on any atom is 0.323 e. The van der Waals surface area contributed by atoms with Crippen LogP contribution in [-0.4, -0.2) is 30.2 Å². The summed E-state index contributed by atoms with van der Waals surface area (Å²) < 4.78 is 1.85. The number of aliphatic hydroxyl groups is 1. The second-order valence-corrected chi connectivity index (χ2v) is 5.65. The number of aromatic nitrogens is 4. The summed E-state index contributed by atoms with van der Waals surface area (Å²) in [5.41, 5.74) is 7.90. The van der Waals surface area contributed by atoms with Crippen LogP contribution >= 0.6 is 0 Å². The highest BCUT2D eigenvalue weighted by atomic mass is 16.3. The number of aromatic amines is 2. The quantitative estimate of drug-likeness (QED) is 0.570. The summed E-state index contributed by atoms with van der Waals surface area (Å²) in [5, 5.41) is 9.83. The van der Waals surface area contributed by atoms with Gasteiger partial charge in [-0.3, -0.25) is 0 Å². The first-order chi connectivity index (χ1) is 9.33. The van der Waals surface area contributed by atoms with E-state index in [1.165, 1.54) is 0 Å². The zero-order chi connectivity index (χ0) is 14.5. The number of imidazole rings is 2. The van der Waals surface area contributed by atoms with Gasteiger partial charge in [0.25, 0.3) is 0 Å². The van der Waals surface area contributed by atoms with Gasteiger partial charge in [-0.1, -0.05) is 0 Å². The SMILES string of the molecule is CC(C)(O)CCn1c(N)nc2cc3[nH]c(=O)[nH]c3cc21. The first-order valence-corrected chi connectivity index (χ1v) is 6.44. The molecule has 7 nitrogen and oxygen atoms in total. The lowest BCUT2D eigenvalue weighted by Gasteiger charge is -2.17. The van der Waals surface area contributed by atoms with Gasteiger partial charge in [0.1, 0.15) is 0 Å². The number of benzene rings is 1. The van der Waals surface area contributed by atoms with Gasteiger partial charge in [-0.25, -0.2) is 9.78 Å². The molecule has 0 atom stereocenters. The molecule has 20 heavy (non-hydrogen) atoms. The van der Waals surface area contributed by atoms with Gasteiger partial charge in [-0.15, -0.1) is 0 Å². The van der Waals surface area contributed by atoms with Crippen LogP contribution in [0.3, 0.4) is 0 Å². The van der Waals surface area contributed by atoms with E-state index in [4.69, 9.17) is 5.73 Å². The van der Waals surface area contributed by atoms with E-state index in [0.717, 1.165) is 11.0 Å². The van der Waals surface area contributed by atoms with Crippen molar-refractivity contribution in [2.75, 3.05) is 5.73 Å². The Hall–Kier alpha value is -2.28. The summed E-state index contributed by atoms with van der Waals surface area (Å²) in [6, 6.07) is 3.63. The number of H-pyrrole nitrogens is 2. The van der Waals surface area contributed by atoms with Crippen LogP contribution < -0.4 is 11.4 Å². The molecule has 3 aromatic rings. The van der Waals surface area contributed by atoms with Crippen LogP contribution in [0.5, 0.6) is 0 Å². The van der Waals surface area contributed by atoms with Crippen molar-refractivity contribution in [3.8, 4) is 0 Å². The molecular formula is C13H17N5O2. The number of nitrogen functional groups attached to an aromatic ring is 1. The maximum atomic E-state index is 11.3. The van der Waals surface area contributed by atoms with Crippen LogP contribution in [-0.2, 0) is 6.54 Å². The Morgan fingerprint density at radius 3 is 2.65 bits per heavy atom. The van der Waals surface area contributed by atoms with Gasteiger partial charge in [-0.2, -0.15) is 0 Å². The van der Waals surface area contributed by atoms with Crippen molar-refractivity contribution in [3.63, 3.8) is 0 Å². The Balaban J connectivity index is 2.13. The molecule has 0 bridgehead atoms. The minimum Gasteiger partial charge on any atom is -0.390 e. The number of aryl methyl sites for hydroxylation is 1. The molecule has 2 aromatic heterocycles. The third-order valence-corrected chi connectivity index (χ3v) is 3.36. The van der Waals surface area contributed by atoms with Crippen molar-refractivity contribution in [2.45, 2.75) is 32.4 Å². The molecule has 3 rings (SSSR count). The average molecular weight is 275 g/mol. The number of nitrogens with one attached hydrogen (secondary N) is 2. The van der Waals surface area contributed by atoms with Gasteiger partial charge in [0.15, 0.2) is 0 Å². The molecule has 0 aliphatic carbocycles. The molecular weight excluding hydrogens is 258 g/mol. The van der Waals surface area contributed by atoms with E-state index in [2.05, 4.69) is 15.0 Å². The molecule has 106 valence electrons. The normalized spacial score (nSPS) is 12.6. The summed E-state index contributed by atoms with van der Waals surface area (Å²) in [5.74, 6) is 0.402. The fraction of sp³-hybridized carbons (Fsp3) is 0.385. The fourth-order valence-corrected chi connectivity index (χ4v) is 2.29. The van der Waals surface area contributed by atoms with Gasteiger partial charge in [0, 0.05) is 6.54 Å². The number of hydrogen-bond donors (Lipinski definition) is 4. The maximum absolute atomic E-state index is 11.3. The van der Waals surface area contributed by atoms with Crippen molar-refractivity contribution in [1.29, 1.82) is 0 Å². The van der Waals surface area contributed by atoms with Crippen molar-refractivity contribution in [1.82, 2.24) is 19.5 Å². The molecule has 5 N–H and O–H groups in total. The lowest BCUT2D eigenvalue weighted by Crippen LogP contribution is -2.21. The Morgan fingerprint density at radius 2 is 2.00 bits per heavy atom. The molecule has 2 heterocycles. The standard InChI is InChI=1S/C13H17N5O2/c1-13(2,20)3-4-18-10-6-8-7(16-12(19)17-8)5-9(10)15-11(18)14/h5-6,20H,3-4H2,1-2H3,(H2,14,15)(H2,16,17,19). The highest BCUT2D eigenvalue weighted by Gasteiger charge is 2.16. The van der Waals surface area contributed by atoms with E-state index in [9.17, 15) is 9.90 Å². The molecule has 0 aliphatic rings. The molecule has 0 fully saturated rings. The van der Waals surface area contributed by atoms with E-state index in [-0.39, 0.29) is 5.69 Å². The van der Waals surface area contributed by atoms with Gasteiger partial charge >= 0.3 is 5.69 Å². The summed E-state index contributed by atoms with van der Waals surface area (Å²) in [6.45, 7) is 4.07. The van der Waals surface area contributed by atoms with Crippen molar-refractivity contribution in [3.05, 3.63) is 22.6 Å². The van der Waals surface area contributed by atoms with Crippen LogP contribution in [0.15, 0.2) is 16.9 Å². The van der Waals surface area contributed by atoms with Crippen LogP contribution in [0.25, 0.3) is 22.1 Å². The molecule has 7 heteroatoms. The summed E-state index contributed by atoms with van der Waals surface area (Å²) in [7, 11) is 0. The smallest absolute Gasteiger partial charge is 0.323 e. The fourth-order valence-electron chi connectivity index (χ4n) is 2.29. The number of nitrogens with zero attached hydrogens (tertiary/aromatic N) is 2. The van der Waals surface area contributed by atoms with E-state index in [1.54, 1.807) is 19.9 Å². The Morgan fingerprint density at radius 1 is 1.35 bits per heavy atom. The molecule has 0 radical (unpaired) electrons. The molecule has 0 amide bonds. The summed E-state index contributed by atoms with van der Waals surface area (Å²) in [6.07, 6.45) is 0.560. The number of fused-ring (bicyclic) bond motifs is 2. The van der Waals surface area contributed by atoms with E-state index in [0.29, 0.717) is 29.9 Å². The van der Waals surface area contributed by atoms with Crippen LogP contribution in [0.2, 0.25) is 0 Å². The van der Waals surface area contributed by atoms with Crippen molar-refractivity contribution < 1.29 is 5.11 Å². The van der Waals surface area contributed by atoms with E-state index >= 15 is 0 Å². The van der Waals surface area contributed by atoms with Crippen LogP contribution in [0, 0.1) is 0 Å². The van der Waals surface area contributed by atoms with Crippen molar-refractivity contribution in [2.24, 2.45) is 0 Å². The molecule has 0 saturated heterocycles. The minimum atomic E-state index is -0.768. The summed E-state index contributed by atoms with van der Waals surface area (Å²) >= 11 is 0. The molecule has 0 saturated carbocycles. The highest BCUT2D eigenvalue weighted by molar-refractivity contribution is 5.92. The topological polar surface area (TPSA) is 113 Å². The Labute approximate surface area is 114 Å². The minimum absolute atomic E-state index is 0.247. The lowest BCUT2D eigenvalue weighted by molar-refractivity contribution is 0.0667. The van der Waals surface area contributed by atoms with E-state index < -0.39 is 5.60 Å². The first kappa shape index (κ1) is 12.7. The average Bonchev–Trinajstić information content (AvgIpc) is 2.80.